The molecule has 0 aliphatic rings. The second kappa shape index (κ2) is 6.78. The summed E-state index contributed by atoms with van der Waals surface area (Å²) in [5.74, 6) is 0.558. The predicted octanol–water partition coefficient (Wildman–Crippen LogP) is 3.78. The largest absolute Gasteiger partial charge is 0.416 e. The minimum Gasteiger partial charge on any atom is -0.361 e. The molecule has 0 bridgehead atoms. The van der Waals surface area contributed by atoms with Gasteiger partial charge in [-0.05, 0) is 38.0 Å². The van der Waals surface area contributed by atoms with Crippen molar-refractivity contribution in [2.45, 2.75) is 33.0 Å². The van der Waals surface area contributed by atoms with E-state index in [9.17, 15) is 18.0 Å². The fourth-order valence-corrected chi connectivity index (χ4v) is 2.83. The molecule has 0 saturated heterocycles. The number of rotatable bonds is 4. The van der Waals surface area contributed by atoms with E-state index in [-0.39, 0.29) is 24.1 Å². The molecule has 2 aromatic heterocycles. The average Bonchev–Trinajstić information content (AvgIpc) is 2.92. The van der Waals surface area contributed by atoms with Crippen LogP contribution in [0.1, 0.15) is 22.6 Å². The van der Waals surface area contributed by atoms with Gasteiger partial charge in [0.25, 0.3) is 5.56 Å². The Hall–Kier alpha value is -2.90. The normalized spacial score (nSPS) is 11.7. The van der Waals surface area contributed by atoms with Crippen LogP contribution >= 0.6 is 0 Å². The number of aromatic nitrogens is 3. The summed E-state index contributed by atoms with van der Waals surface area (Å²) in [5, 5.41) is 8.12. The van der Waals surface area contributed by atoms with Gasteiger partial charge in [-0.25, -0.2) is 4.68 Å². The molecular weight excluding hydrogens is 347 g/mol. The van der Waals surface area contributed by atoms with Gasteiger partial charge in [-0.1, -0.05) is 23.4 Å². The third-order valence-corrected chi connectivity index (χ3v) is 4.07. The molecule has 0 aliphatic heterocycles. The van der Waals surface area contributed by atoms with E-state index in [0.717, 1.165) is 10.7 Å². The minimum atomic E-state index is -4.44. The first-order valence-electron chi connectivity index (χ1n) is 7.94. The van der Waals surface area contributed by atoms with Crippen LogP contribution in [0.15, 0.2) is 45.7 Å². The zero-order chi connectivity index (χ0) is 18.9. The molecule has 0 spiro atoms. The fourth-order valence-electron chi connectivity index (χ4n) is 2.83. The summed E-state index contributed by atoms with van der Waals surface area (Å²) in [5.41, 5.74) is 0.832. The van der Waals surface area contributed by atoms with E-state index in [1.807, 2.05) is 0 Å². The molecule has 0 N–H and O–H groups in total. The lowest BCUT2D eigenvalue weighted by Gasteiger charge is -2.13. The van der Waals surface area contributed by atoms with Gasteiger partial charge in [-0.3, -0.25) is 4.79 Å². The number of halogens is 3. The van der Waals surface area contributed by atoms with Crippen LogP contribution in [0.4, 0.5) is 13.2 Å². The van der Waals surface area contributed by atoms with Gasteiger partial charge in [0.1, 0.15) is 5.76 Å². The van der Waals surface area contributed by atoms with Gasteiger partial charge in [0.2, 0.25) is 0 Å². The Kier molecular flexibility index (Phi) is 4.67. The number of hydrogen-bond acceptors (Lipinski definition) is 4. The first kappa shape index (κ1) is 17.9. The molecule has 0 saturated carbocycles. The van der Waals surface area contributed by atoms with E-state index in [4.69, 9.17) is 4.52 Å². The highest BCUT2D eigenvalue weighted by Crippen LogP contribution is 2.32. The van der Waals surface area contributed by atoms with E-state index >= 15 is 0 Å². The number of alkyl halides is 3. The second-order valence-electron chi connectivity index (χ2n) is 5.88. The monoisotopic (exact) mass is 363 g/mol. The summed E-state index contributed by atoms with van der Waals surface area (Å²) in [7, 11) is 0. The number of benzene rings is 1. The zero-order valence-corrected chi connectivity index (χ0v) is 14.2. The Morgan fingerprint density at radius 1 is 1.12 bits per heavy atom. The maximum absolute atomic E-state index is 13.1. The molecule has 0 fully saturated rings. The van der Waals surface area contributed by atoms with Crippen molar-refractivity contribution in [3.63, 3.8) is 0 Å². The highest BCUT2D eigenvalue weighted by molar-refractivity contribution is 5.62. The summed E-state index contributed by atoms with van der Waals surface area (Å²) in [6.45, 7) is 3.51. The van der Waals surface area contributed by atoms with Crippen LogP contribution in [-0.2, 0) is 19.1 Å². The maximum atomic E-state index is 13.1. The molecule has 5 nitrogen and oxygen atoms in total. The highest BCUT2D eigenvalue weighted by Gasteiger charge is 2.32. The number of hydrogen-bond donors (Lipinski definition) is 0. The first-order valence-corrected chi connectivity index (χ1v) is 7.94. The van der Waals surface area contributed by atoms with Crippen molar-refractivity contribution in [2.24, 2.45) is 0 Å². The van der Waals surface area contributed by atoms with Crippen molar-refractivity contribution >= 4 is 0 Å². The van der Waals surface area contributed by atoms with Crippen LogP contribution in [0.5, 0.6) is 0 Å². The van der Waals surface area contributed by atoms with E-state index < -0.39 is 11.7 Å². The molecule has 3 aromatic rings. The maximum Gasteiger partial charge on any atom is 0.416 e. The van der Waals surface area contributed by atoms with Gasteiger partial charge in [0.05, 0.1) is 22.5 Å². The van der Waals surface area contributed by atoms with Crippen molar-refractivity contribution in [1.29, 1.82) is 0 Å². The lowest BCUT2D eigenvalue weighted by atomic mass is 10.0. The average molecular weight is 363 g/mol. The topological polar surface area (TPSA) is 60.9 Å². The summed E-state index contributed by atoms with van der Waals surface area (Å²) in [4.78, 5) is 12.1. The molecule has 1 aromatic carbocycles. The standard InChI is InChI=1S/C18H16F3N3O2/c1-11-17(12(2)26-23-11)15-7-8-16(25)24(22-15)10-9-13-5-3-4-6-14(13)18(19,20)21/h3-8H,9-10H2,1-2H3. The molecule has 0 radical (unpaired) electrons. The van der Waals surface area contributed by atoms with Crippen LogP contribution in [0.3, 0.4) is 0 Å². The van der Waals surface area contributed by atoms with Crippen molar-refractivity contribution in [1.82, 2.24) is 14.9 Å². The van der Waals surface area contributed by atoms with Gasteiger partial charge in [-0.15, -0.1) is 0 Å². The molecular formula is C18H16F3N3O2. The lowest BCUT2D eigenvalue weighted by molar-refractivity contribution is -0.138. The van der Waals surface area contributed by atoms with E-state index in [1.165, 1.54) is 18.2 Å². The van der Waals surface area contributed by atoms with Gasteiger partial charge < -0.3 is 4.52 Å². The summed E-state index contributed by atoms with van der Waals surface area (Å²) in [6.07, 6.45) is -4.40. The van der Waals surface area contributed by atoms with Crippen molar-refractivity contribution in [2.75, 3.05) is 0 Å². The Morgan fingerprint density at radius 2 is 1.85 bits per heavy atom. The van der Waals surface area contributed by atoms with E-state index in [2.05, 4.69) is 10.3 Å². The van der Waals surface area contributed by atoms with Crippen LogP contribution in [0, 0.1) is 13.8 Å². The van der Waals surface area contributed by atoms with Crippen molar-refractivity contribution in [3.8, 4) is 11.3 Å². The van der Waals surface area contributed by atoms with Gasteiger partial charge >= 0.3 is 6.18 Å². The lowest BCUT2D eigenvalue weighted by Crippen LogP contribution is -2.24. The number of nitrogens with zero attached hydrogens (tertiary/aromatic N) is 3. The first-order chi connectivity index (χ1) is 12.3. The minimum absolute atomic E-state index is 0.0309. The molecule has 26 heavy (non-hydrogen) atoms. The Bertz CT molecular complexity index is 970. The molecule has 0 amide bonds. The second-order valence-corrected chi connectivity index (χ2v) is 5.88. The van der Waals surface area contributed by atoms with Crippen LogP contribution in [-0.4, -0.2) is 14.9 Å². The highest BCUT2D eigenvalue weighted by atomic mass is 19.4. The Balaban J connectivity index is 1.91. The predicted molar refractivity (Wildman–Crippen MR) is 88.6 cm³/mol. The van der Waals surface area contributed by atoms with E-state index in [0.29, 0.717) is 22.7 Å². The van der Waals surface area contributed by atoms with Crippen molar-refractivity contribution in [3.05, 3.63) is 69.3 Å². The number of aryl methyl sites for hydroxylation is 4. The molecule has 3 rings (SSSR count). The smallest absolute Gasteiger partial charge is 0.361 e. The quantitative estimate of drug-likeness (QED) is 0.708. The third kappa shape index (κ3) is 3.54. The molecule has 0 aliphatic carbocycles. The van der Waals surface area contributed by atoms with Gasteiger partial charge in [0.15, 0.2) is 0 Å². The summed E-state index contributed by atoms with van der Waals surface area (Å²) >= 11 is 0. The molecule has 8 heteroatoms. The SMILES string of the molecule is Cc1noc(C)c1-c1ccc(=O)n(CCc2ccccc2C(F)(F)F)n1. The molecule has 2 heterocycles. The Morgan fingerprint density at radius 3 is 2.50 bits per heavy atom. The van der Waals surface area contributed by atoms with Crippen LogP contribution in [0.2, 0.25) is 0 Å². The third-order valence-electron chi connectivity index (χ3n) is 4.07. The van der Waals surface area contributed by atoms with Crippen LogP contribution in [0.25, 0.3) is 11.3 Å². The Labute approximate surface area is 147 Å². The fraction of sp³-hybridized carbons (Fsp3) is 0.278. The van der Waals surface area contributed by atoms with E-state index in [1.54, 1.807) is 26.0 Å². The zero-order valence-electron chi connectivity index (χ0n) is 14.2. The van der Waals surface area contributed by atoms with Crippen LogP contribution < -0.4 is 5.56 Å². The summed E-state index contributed by atoms with van der Waals surface area (Å²) in [6, 6.07) is 8.21. The van der Waals surface area contributed by atoms with Crippen molar-refractivity contribution < 1.29 is 17.7 Å². The molecule has 0 unspecified atom stereocenters. The molecule has 136 valence electrons. The van der Waals surface area contributed by atoms with Gasteiger partial charge in [0, 0.05) is 12.6 Å². The molecule has 0 atom stereocenters. The van der Waals surface area contributed by atoms with Gasteiger partial charge in [-0.2, -0.15) is 18.3 Å². The summed E-state index contributed by atoms with van der Waals surface area (Å²) < 4.78 is 45.5.